The molecule has 1 rings (SSSR count). The molecule has 4 nitrogen and oxygen atoms in total. The lowest BCUT2D eigenvalue weighted by Crippen LogP contribution is -2.29. The van der Waals surface area contributed by atoms with Crippen LogP contribution in [0.25, 0.3) is 0 Å². The Morgan fingerprint density at radius 1 is 1.36 bits per heavy atom. The largest absolute Gasteiger partial charge is 0.282 e. The van der Waals surface area contributed by atoms with Gasteiger partial charge >= 0.3 is 0 Å². The van der Waals surface area contributed by atoms with Crippen LogP contribution in [0.3, 0.4) is 0 Å². The number of carbonyl (C=O) groups excluding carboxylic acids is 2. The zero-order chi connectivity index (χ0) is 8.27. The minimum Gasteiger partial charge on any atom is -0.282 e. The van der Waals surface area contributed by atoms with E-state index in [2.05, 4.69) is 0 Å². The molecular weight excluding hydrogens is 144 g/mol. The van der Waals surface area contributed by atoms with Crippen molar-refractivity contribution in [1.82, 2.24) is 4.90 Å². The first-order chi connectivity index (χ1) is 5.25. The zero-order valence-corrected chi connectivity index (χ0v) is 6.04. The molecule has 2 amide bonds. The fourth-order valence-corrected chi connectivity index (χ4v) is 1.03. The molecule has 0 aromatic carbocycles. The van der Waals surface area contributed by atoms with E-state index in [0.717, 1.165) is 4.90 Å². The number of hydrogen-bond donors (Lipinski definition) is 0. The molecule has 1 fully saturated rings. The molecule has 0 N–H and O–H groups in total. The van der Waals surface area contributed by atoms with Crippen LogP contribution >= 0.6 is 0 Å². The number of imide groups is 1. The van der Waals surface area contributed by atoms with Crippen molar-refractivity contribution >= 4 is 11.8 Å². The van der Waals surface area contributed by atoms with Crippen molar-refractivity contribution < 1.29 is 9.59 Å². The van der Waals surface area contributed by atoms with E-state index < -0.39 is 0 Å². The quantitative estimate of drug-likeness (QED) is 0.525. The zero-order valence-electron chi connectivity index (χ0n) is 6.04. The summed E-state index contributed by atoms with van der Waals surface area (Å²) >= 11 is 0. The second kappa shape index (κ2) is 3.15. The van der Waals surface area contributed by atoms with Gasteiger partial charge in [-0.3, -0.25) is 14.5 Å². The fraction of sp³-hybridized carbons (Fsp3) is 0.571. The first-order valence-corrected chi connectivity index (χ1v) is 3.46. The van der Waals surface area contributed by atoms with Crippen LogP contribution in [0.15, 0.2) is 0 Å². The summed E-state index contributed by atoms with van der Waals surface area (Å²) in [6.45, 7) is 0.258. The van der Waals surface area contributed by atoms with Gasteiger partial charge in [0.15, 0.2) is 0 Å². The molecule has 0 radical (unpaired) electrons. The highest BCUT2D eigenvalue weighted by Crippen LogP contribution is 2.11. The fourth-order valence-electron chi connectivity index (χ4n) is 1.03. The Morgan fingerprint density at radius 2 is 1.91 bits per heavy atom. The van der Waals surface area contributed by atoms with Crippen LogP contribution in [-0.2, 0) is 9.59 Å². The molecule has 1 aliphatic heterocycles. The summed E-state index contributed by atoms with van der Waals surface area (Å²) in [6, 6.07) is 1.89. The minimum absolute atomic E-state index is 0.148. The molecule has 0 aromatic heterocycles. The predicted molar refractivity (Wildman–Crippen MR) is 36.2 cm³/mol. The van der Waals surface area contributed by atoms with Crippen molar-refractivity contribution in [3.05, 3.63) is 0 Å². The summed E-state index contributed by atoms with van der Waals surface area (Å²) in [5.74, 6) is -0.296. The van der Waals surface area contributed by atoms with Crippen molar-refractivity contribution in [1.29, 1.82) is 5.26 Å². The van der Waals surface area contributed by atoms with Crippen molar-refractivity contribution in [3.8, 4) is 6.07 Å². The normalized spacial score (nSPS) is 17.2. The monoisotopic (exact) mass is 152 g/mol. The smallest absolute Gasteiger partial charge is 0.229 e. The minimum atomic E-state index is -0.148. The summed E-state index contributed by atoms with van der Waals surface area (Å²) in [5.41, 5.74) is 0. The number of nitriles is 1. The van der Waals surface area contributed by atoms with Gasteiger partial charge in [0.2, 0.25) is 11.8 Å². The van der Waals surface area contributed by atoms with Gasteiger partial charge in [0.1, 0.15) is 0 Å². The van der Waals surface area contributed by atoms with Crippen LogP contribution in [0, 0.1) is 11.3 Å². The van der Waals surface area contributed by atoms with Gasteiger partial charge in [-0.05, 0) is 0 Å². The summed E-state index contributed by atoms with van der Waals surface area (Å²) in [6.07, 6.45) is 0.853. The van der Waals surface area contributed by atoms with E-state index in [1.165, 1.54) is 0 Å². The van der Waals surface area contributed by atoms with Crippen LogP contribution in [-0.4, -0.2) is 23.3 Å². The van der Waals surface area contributed by atoms with Crippen molar-refractivity contribution in [2.75, 3.05) is 6.54 Å². The van der Waals surface area contributed by atoms with Crippen molar-refractivity contribution in [2.45, 2.75) is 19.3 Å². The highest BCUT2D eigenvalue weighted by Gasteiger charge is 2.27. The number of likely N-dealkylation sites (tertiary alicyclic amines) is 1. The summed E-state index contributed by atoms with van der Waals surface area (Å²) in [4.78, 5) is 22.9. The van der Waals surface area contributed by atoms with E-state index in [9.17, 15) is 9.59 Å². The lowest BCUT2D eigenvalue weighted by Gasteiger charge is -2.09. The number of amides is 2. The number of carbonyl (C=O) groups is 2. The molecule has 0 spiro atoms. The predicted octanol–water partition coefficient (Wildman–Crippen LogP) is 0.0491. The highest BCUT2D eigenvalue weighted by molar-refractivity contribution is 6.01. The molecule has 58 valence electrons. The van der Waals surface area contributed by atoms with E-state index in [-0.39, 0.29) is 24.8 Å². The van der Waals surface area contributed by atoms with Gasteiger partial charge in [-0.15, -0.1) is 0 Å². The summed E-state index contributed by atoms with van der Waals surface area (Å²) in [7, 11) is 0. The van der Waals surface area contributed by atoms with Crippen LogP contribution in [0.4, 0.5) is 0 Å². The van der Waals surface area contributed by atoms with Gasteiger partial charge in [-0.1, -0.05) is 0 Å². The van der Waals surface area contributed by atoms with Crippen LogP contribution in [0.2, 0.25) is 0 Å². The molecule has 0 saturated carbocycles. The average Bonchev–Trinajstić information content (AvgIpc) is 2.29. The third kappa shape index (κ3) is 1.55. The van der Waals surface area contributed by atoms with Crippen molar-refractivity contribution in [3.63, 3.8) is 0 Å². The van der Waals surface area contributed by atoms with Gasteiger partial charge in [-0.25, -0.2) is 0 Å². The van der Waals surface area contributed by atoms with E-state index in [4.69, 9.17) is 5.26 Å². The second-order valence-electron chi connectivity index (χ2n) is 2.35. The van der Waals surface area contributed by atoms with Crippen LogP contribution < -0.4 is 0 Å². The van der Waals surface area contributed by atoms with E-state index in [1.807, 2.05) is 6.07 Å². The van der Waals surface area contributed by atoms with Gasteiger partial charge < -0.3 is 0 Å². The Hall–Kier alpha value is -1.37. The molecule has 1 aliphatic rings. The lowest BCUT2D eigenvalue weighted by atomic mass is 10.4. The van der Waals surface area contributed by atoms with E-state index in [1.54, 1.807) is 0 Å². The maximum atomic E-state index is 10.9. The van der Waals surface area contributed by atoms with Gasteiger partial charge in [0.25, 0.3) is 0 Å². The SMILES string of the molecule is N#CCCN1C(=O)CCC1=O. The number of rotatable bonds is 2. The first-order valence-electron chi connectivity index (χ1n) is 3.46. The molecule has 0 unspecified atom stereocenters. The van der Waals surface area contributed by atoms with Crippen LogP contribution in [0.1, 0.15) is 19.3 Å². The van der Waals surface area contributed by atoms with Gasteiger partial charge in [0.05, 0.1) is 12.5 Å². The maximum Gasteiger partial charge on any atom is 0.229 e. The Bertz CT molecular complexity index is 213. The third-order valence-corrected chi connectivity index (χ3v) is 1.60. The Labute approximate surface area is 64.4 Å². The standard InChI is InChI=1S/C7H8N2O2/c8-4-1-5-9-6(10)2-3-7(9)11/h1-3,5H2. The first kappa shape index (κ1) is 7.73. The molecule has 11 heavy (non-hydrogen) atoms. The Morgan fingerprint density at radius 3 is 2.36 bits per heavy atom. The number of hydrogen-bond acceptors (Lipinski definition) is 3. The summed E-state index contributed by atoms with van der Waals surface area (Å²) < 4.78 is 0. The number of nitrogens with zero attached hydrogens (tertiary/aromatic N) is 2. The van der Waals surface area contributed by atoms with Crippen LogP contribution in [0.5, 0.6) is 0 Å². The molecule has 1 saturated heterocycles. The molecule has 0 bridgehead atoms. The van der Waals surface area contributed by atoms with Gasteiger partial charge in [-0.2, -0.15) is 5.26 Å². The van der Waals surface area contributed by atoms with E-state index in [0.29, 0.717) is 12.8 Å². The molecule has 0 aliphatic carbocycles. The Kier molecular flexibility index (Phi) is 2.21. The highest BCUT2D eigenvalue weighted by atomic mass is 16.2. The molecule has 4 heteroatoms. The molecular formula is C7H8N2O2. The summed E-state index contributed by atoms with van der Waals surface area (Å²) in [5, 5.41) is 8.20. The molecule has 0 atom stereocenters. The molecule has 0 aromatic rings. The van der Waals surface area contributed by atoms with Crippen molar-refractivity contribution in [2.24, 2.45) is 0 Å². The maximum absolute atomic E-state index is 10.9. The Balaban J connectivity index is 2.49. The lowest BCUT2D eigenvalue weighted by molar-refractivity contribution is -0.138. The van der Waals surface area contributed by atoms with Gasteiger partial charge in [0, 0.05) is 19.4 Å². The topological polar surface area (TPSA) is 61.2 Å². The van der Waals surface area contributed by atoms with E-state index >= 15 is 0 Å². The second-order valence-corrected chi connectivity index (χ2v) is 2.35. The molecule has 1 heterocycles. The third-order valence-electron chi connectivity index (χ3n) is 1.60. The average molecular weight is 152 g/mol.